The Labute approximate surface area is 152 Å². The van der Waals surface area contributed by atoms with Crippen molar-refractivity contribution in [2.75, 3.05) is 23.3 Å². The van der Waals surface area contributed by atoms with E-state index in [0.29, 0.717) is 17.5 Å². The van der Waals surface area contributed by atoms with E-state index < -0.39 is 0 Å². The van der Waals surface area contributed by atoms with Crippen LogP contribution in [0.1, 0.15) is 43.0 Å². The number of benzene rings is 1. The summed E-state index contributed by atoms with van der Waals surface area (Å²) in [4.78, 5) is 30.7. The third-order valence-electron chi connectivity index (χ3n) is 4.28. The average Bonchev–Trinajstić information content (AvgIpc) is 3.11. The van der Waals surface area contributed by atoms with Crippen LogP contribution in [0.4, 0.5) is 11.9 Å². The average molecular weight is 356 g/mol. The Kier molecular flexibility index (Phi) is 5.83. The van der Waals surface area contributed by atoms with Gasteiger partial charge in [0.05, 0.1) is 0 Å². The van der Waals surface area contributed by atoms with Gasteiger partial charge in [-0.25, -0.2) is 5.10 Å². The largest absolute Gasteiger partial charge is 0.349 e. The van der Waals surface area contributed by atoms with E-state index in [9.17, 15) is 9.59 Å². The highest BCUT2D eigenvalue weighted by Gasteiger charge is 2.17. The van der Waals surface area contributed by atoms with Gasteiger partial charge in [0.25, 0.3) is 5.91 Å². The molecule has 1 atom stereocenters. The van der Waals surface area contributed by atoms with Crippen molar-refractivity contribution in [3.8, 4) is 0 Å². The van der Waals surface area contributed by atoms with E-state index in [1.165, 1.54) is 6.42 Å². The molecule has 0 bridgehead atoms. The maximum Gasteiger partial charge on any atom is 0.251 e. The summed E-state index contributed by atoms with van der Waals surface area (Å²) in [7, 11) is 0. The smallest absolute Gasteiger partial charge is 0.251 e. The molecule has 0 aliphatic carbocycles. The van der Waals surface area contributed by atoms with E-state index in [1.54, 1.807) is 31.2 Å². The predicted molar refractivity (Wildman–Crippen MR) is 99.1 cm³/mol. The molecule has 0 saturated carbocycles. The molecule has 0 spiro atoms. The lowest BCUT2D eigenvalue weighted by Gasteiger charge is -2.24. The van der Waals surface area contributed by atoms with Gasteiger partial charge in [-0.3, -0.25) is 14.9 Å². The van der Waals surface area contributed by atoms with Crippen LogP contribution in [0.3, 0.4) is 0 Å². The van der Waals surface area contributed by atoms with Crippen LogP contribution < -0.4 is 15.5 Å². The molecular weight excluding hydrogens is 332 g/mol. The van der Waals surface area contributed by atoms with Gasteiger partial charge in [0, 0.05) is 31.1 Å². The highest BCUT2D eigenvalue weighted by Crippen LogP contribution is 2.16. The Morgan fingerprint density at radius 1 is 1.19 bits per heavy atom. The second kappa shape index (κ2) is 8.46. The second-order valence-electron chi connectivity index (χ2n) is 6.52. The van der Waals surface area contributed by atoms with Crippen LogP contribution >= 0.6 is 0 Å². The first-order valence-corrected chi connectivity index (χ1v) is 8.95. The fraction of sp³-hybridized carbons (Fsp3) is 0.444. The van der Waals surface area contributed by atoms with Gasteiger partial charge in [0.2, 0.25) is 17.8 Å². The molecule has 8 nitrogen and oxygen atoms in total. The molecule has 2 heterocycles. The Hall–Kier alpha value is -2.90. The summed E-state index contributed by atoms with van der Waals surface area (Å²) in [6, 6.07) is 8.62. The molecule has 1 aliphatic rings. The number of anilines is 2. The van der Waals surface area contributed by atoms with Gasteiger partial charge in [0.15, 0.2) is 0 Å². The Balaban J connectivity index is 1.47. The highest BCUT2D eigenvalue weighted by atomic mass is 16.2. The standard InChI is InChI=1S/C18H24N6O2/c1-13(19-16(26)14-8-4-2-5-9-14)12-15(25)20-17-21-18(23-22-17)24-10-6-3-7-11-24/h2,4-5,8-9,13H,3,6-7,10-12H2,1H3,(H,19,26)(H2,20,21,22,23,25). The van der Waals surface area contributed by atoms with Crippen LogP contribution in [0.15, 0.2) is 30.3 Å². The van der Waals surface area contributed by atoms with Gasteiger partial charge < -0.3 is 10.2 Å². The molecule has 8 heteroatoms. The SMILES string of the molecule is CC(CC(=O)Nc1nc(N2CCCCC2)n[nH]1)NC(=O)c1ccccc1. The van der Waals surface area contributed by atoms with Gasteiger partial charge in [-0.05, 0) is 38.3 Å². The quantitative estimate of drug-likeness (QED) is 0.734. The second-order valence-corrected chi connectivity index (χ2v) is 6.52. The molecule has 1 aliphatic heterocycles. The number of H-pyrrole nitrogens is 1. The zero-order chi connectivity index (χ0) is 18.4. The number of hydrogen-bond acceptors (Lipinski definition) is 5. The number of aromatic nitrogens is 3. The van der Waals surface area contributed by atoms with Gasteiger partial charge >= 0.3 is 0 Å². The summed E-state index contributed by atoms with van der Waals surface area (Å²) < 4.78 is 0. The van der Waals surface area contributed by atoms with Crippen molar-refractivity contribution in [3.05, 3.63) is 35.9 Å². The van der Waals surface area contributed by atoms with Crippen molar-refractivity contribution in [2.24, 2.45) is 0 Å². The molecule has 0 radical (unpaired) electrons. The number of amides is 2. The van der Waals surface area contributed by atoms with Crippen molar-refractivity contribution in [1.29, 1.82) is 0 Å². The number of hydrogen-bond donors (Lipinski definition) is 3. The first-order valence-electron chi connectivity index (χ1n) is 8.95. The molecule has 1 saturated heterocycles. The third kappa shape index (κ3) is 4.81. The molecule has 2 amide bonds. The van der Waals surface area contributed by atoms with E-state index in [1.807, 2.05) is 6.07 Å². The molecule has 138 valence electrons. The lowest BCUT2D eigenvalue weighted by molar-refractivity contribution is -0.116. The minimum absolute atomic E-state index is 0.151. The first-order chi connectivity index (χ1) is 12.6. The summed E-state index contributed by atoms with van der Waals surface area (Å²) in [6.45, 7) is 3.67. The van der Waals surface area contributed by atoms with Crippen molar-refractivity contribution in [2.45, 2.75) is 38.6 Å². The van der Waals surface area contributed by atoms with Crippen LogP contribution in [-0.2, 0) is 4.79 Å². The topological polar surface area (TPSA) is 103 Å². The Morgan fingerprint density at radius 2 is 1.92 bits per heavy atom. The molecule has 1 aromatic carbocycles. The zero-order valence-electron chi connectivity index (χ0n) is 14.9. The lowest BCUT2D eigenvalue weighted by Crippen LogP contribution is -2.35. The Morgan fingerprint density at radius 3 is 2.65 bits per heavy atom. The number of carbonyl (C=O) groups excluding carboxylic acids is 2. The number of piperidine rings is 1. The Bertz CT molecular complexity index is 739. The molecule has 26 heavy (non-hydrogen) atoms. The van der Waals surface area contributed by atoms with E-state index in [0.717, 1.165) is 25.9 Å². The van der Waals surface area contributed by atoms with Crippen LogP contribution in [0.5, 0.6) is 0 Å². The zero-order valence-corrected chi connectivity index (χ0v) is 14.9. The van der Waals surface area contributed by atoms with Crippen LogP contribution in [-0.4, -0.2) is 46.1 Å². The fourth-order valence-corrected chi connectivity index (χ4v) is 2.95. The van der Waals surface area contributed by atoms with E-state index in [-0.39, 0.29) is 24.3 Å². The lowest BCUT2D eigenvalue weighted by atomic mass is 10.1. The molecule has 3 N–H and O–H groups in total. The van der Waals surface area contributed by atoms with Crippen LogP contribution in [0.2, 0.25) is 0 Å². The van der Waals surface area contributed by atoms with Crippen molar-refractivity contribution in [3.63, 3.8) is 0 Å². The maximum atomic E-state index is 12.2. The third-order valence-corrected chi connectivity index (χ3v) is 4.28. The monoisotopic (exact) mass is 356 g/mol. The van der Waals surface area contributed by atoms with Gasteiger partial charge in [-0.2, -0.15) is 4.98 Å². The van der Waals surface area contributed by atoms with Crippen LogP contribution in [0, 0.1) is 0 Å². The normalized spacial score (nSPS) is 15.3. The summed E-state index contributed by atoms with van der Waals surface area (Å²) in [5.74, 6) is 0.521. The molecule has 2 aromatic rings. The number of rotatable bonds is 6. The van der Waals surface area contributed by atoms with Gasteiger partial charge in [-0.1, -0.05) is 18.2 Å². The summed E-state index contributed by atoms with van der Waals surface area (Å²) in [6.07, 6.45) is 3.65. The van der Waals surface area contributed by atoms with Crippen molar-refractivity contribution in [1.82, 2.24) is 20.5 Å². The van der Waals surface area contributed by atoms with Gasteiger partial charge in [-0.15, -0.1) is 5.10 Å². The minimum Gasteiger partial charge on any atom is -0.349 e. The maximum absolute atomic E-state index is 12.2. The molecular formula is C18H24N6O2. The molecule has 3 rings (SSSR count). The summed E-state index contributed by atoms with van der Waals surface area (Å²) in [5, 5.41) is 12.4. The number of aromatic amines is 1. The van der Waals surface area contributed by atoms with Crippen molar-refractivity contribution >= 4 is 23.7 Å². The van der Waals surface area contributed by atoms with Gasteiger partial charge in [0.1, 0.15) is 0 Å². The highest BCUT2D eigenvalue weighted by molar-refractivity contribution is 5.95. The molecule has 1 fully saturated rings. The molecule has 1 unspecified atom stereocenters. The van der Waals surface area contributed by atoms with E-state index >= 15 is 0 Å². The number of nitrogens with zero attached hydrogens (tertiary/aromatic N) is 3. The minimum atomic E-state index is -0.299. The summed E-state index contributed by atoms with van der Waals surface area (Å²) >= 11 is 0. The van der Waals surface area contributed by atoms with Crippen molar-refractivity contribution < 1.29 is 9.59 Å². The predicted octanol–water partition coefficient (Wildman–Crippen LogP) is 1.94. The number of nitrogens with one attached hydrogen (secondary N) is 3. The van der Waals surface area contributed by atoms with E-state index in [2.05, 4.69) is 30.7 Å². The van der Waals surface area contributed by atoms with Crippen LogP contribution in [0.25, 0.3) is 0 Å². The molecule has 1 aromatic heterocycles. The summed E-state index contributed by atoms with van der Waals surface area (Å²) in [5.41, 5.74) is 0.571. The first kappa shape index (κ1) is 17.9. The fourth-order valence-electron chi connectivity index (χ4n) is 2.95. The van der Waals surface area contributed by atoms with E-state index in [4.69, 9.17) is 0 Å². The number of carbonyl (C=O) groups is 2.